The van der Waals surface area contributed by atoms with E-state index in [1.165, 1.54) is 17.5 Å². The molecular formula is C23H27ClN2O. The number of carbonyl (C=O) groups is 1. The summed E-state index contributed by atoms with van der Waals surface area (Å²) in [6, 6.07) is 16.7. The molecule has 2 aromatic carbocycles. The summed E-state index contributed by atoms with van der Waals surface area (Å²) >= 11 is 6.16. The number of benzene rings is 2. The molecule has 1 atom stereocenters. The van der Waals surface area contributed by atoms with Crippen molar-refractivity contribution in [2.45, 2.75) is 38.0 Å². The van der Waals surface area contributed by atoms with Gasteiger partial charge in [0.2, 0.25) is 5.91 Å². The number of amides is 1. The number of carbonyl (C=O) groups excluding carboxylic acids is 1. The lowest BCUT2D eigenvalue weighted by atomic mass is 9.99. The van der Waals surface area contributed by atoms with E-state index in [4.69, 9.17) is 11.6 Å². The van der Waals surface area contributed by atoms with Crippen molar-refractivity contribution in [3.8, 4) is 0 Å². The zero-order valence-corrected chi connectivity index (χ0v) is 16.5. The maximum Gasteiger partial charge on any atom is 0.226 e. The van der Waals surface area contributed by atoms with Crippen LogP contribution in [0.5, 0.6) is 0 Å². The normalized spacial score (nSPS) is 21.0. The highest BCUT2D eigenvalue weighted by Gasteiger charge is 2.25. The molecular weight excluding hydrogens is 356 g/mol. The zero-order valence-electron chi connectivity index (χ0n) is 15.7. The Morgan fingerprint density at radius 3 is 2.78 bits per heavy atom. The van der Waals surface area contributed by atoms with E-state index in [9.17, 15) is 4.79 Å². The van der Waals surface area contributed by atoms with Gasteiger partial charge in [0.05, 0.1) is 0 Å². The number of para-hydroxylation sites is 1. The molecule has 3 nitrogen and oxygen atoms in total. The molecule has 0 spiro atoms. The first-order chi connectivity index (χ1) is 13.2. The highest BCUT2D eigenvalue weighted by molar-refractivity contribution is 6.30. The molecule has 0 N–H and O–H groups in total. The molecule has 2 aliphatic rings. The minimum Gasteiger partial charge on any atom is -0.312 e. The molecule has 2 aliphatic heterocycles. The summed E-state index contributed by atoms with van der Waals surface area (Å²) in [5.74, 6) is 0.846. The molecule has 2 aromatic rings. The van der Waals surface area contributed by atoms with Crippen LogP contribution < -0.4 is 4.90 Å². The van der Waals surface area contributed by atoms with E-state index < -0.39 is 0 Å². The van der Waals surface area contributed by atoms with Crippen molar-refractivity contribution in [1.29, 1.82) is 0 Å². The summed E-state index contributed by atoms with van der Waals surface area (Å²) in [7, 11) is 0. The summed E-state index contributed by atoms with van der Waals surface area (Å²) in [5, 5.41) is 0.825. The third kappa shape index (κ3) is 4.36. The molecule has 2 saturated heterocycles. The second-order valence-electron chi connectivity index (χ2n) is 7.72. The number of hydrogen-bond acceptors (Lipinski definition) is 2. The van der Waals surface area contributed by atoms with E-state index >= 15 is 0 Å². The van der Waals surface area contributed by atoms with Crippen molar-refractivity contribution in [3.05, 3.63) is 64.7 Å². The lowest BCUT2D eigenvalue weighted by Gasteiger charge is -2.29. The van der Waals surface area contributed by atoms with Crippen LogP contribution in [0.15, 0.2) is 48.5 Å². The average molecular weight is 383 g/mol. The van der Waals surface area contributed by atoms with E-state index in [-0.39, 0.29) is 5.91 Å². The van der Waals surface area contributed by atoms with Crippen LogP contribution in [-0.4, -0.2) is 37.0 Å². The fraction of sp³-hybridized carbons (Fsp3) is 0.435. The Hall–Kier alpha value is -1.84. The smallest absolute Gasteiger partial charge is 0.226 e. The van der Waals surface area contributed by atoms with Crippen molar-refractivity contribution in [1.82, 2.24) is 4.90 Å². The first-order valence-corrected chi connectivity index (χ1v) is 10.4. The molecule has 4 heteroatoms. The summed E-state index contributed by atoms with van der Waals surface area (Å²) < 4.78 is 0. The molecule has 0 bridgehead atoms. The molecule has 4 rings (SSSR count). The van der Waals surface area contributed by atoms with Crippen LogP contribution in [0, 0.1) is 0 Å². The molecule has 1 amide bonds. The Bertz CT molecular complexity index is 806. The summed E-state index contributed by atoms with van der Waals surface area (Å²) in [5.41, 5.74) is 3.76. The Balaban J connectivity index is 1.39. The third-order valence-corrected chi connectivity index (χ3v) is 6.13. The van der Waals surface area contributed by atoms with E-state index in [1.807, 2.05) is 23.1 Å². The van der Waals surface area contributed by atoms with Gasteiger partial charge in [0.1, 0.15) is 0 Å². The van der Waals surface area contributed by atoms with Gasteiger partial charge in [-0.15, -0.1) is 0 Å². The molecule has 142 valence electrons. The highest BCUT2D eigenvalue weighted by atomic mass is 35.5. The quantitative estimate of drug-likeness (QED) is 0.735. The second kappa shape index (κ2) is 8.45. The van der Waals surface area contributed by atoms with Crippen LogP contribution in [0.1, 0.15) is 42.7 Å². The first kappa shape index (κ1) is 18.5. The predicted molar refractivity (Wildman–Crippen MR) is 112 cm³/mol. The topological polar surface area (TPSA) is 23.6 Å². The molecule has 2 heterocycles. The monoisotopic (exact) mass is 382 g/mol. The van der Waals surface area contributed by atoms with E-state index in [2.05, 4.69) is 35.2 Å². The van der Waals surface area contributed by atoms with E-state index in [0.29, 0.717) is 12.3 Å². The molecule has 0 aromatic heterocycles. The second-order valence-corrected chi connectivity index (χ2v) is 8.16. The average Bonchev–Trinajstić information content (AvgIpc) is 3.16. The fourth-order valence-electron chi connectivity index (χ4n) is 4.39. The summed E-state index contributed by atoms with van der Waals surface area (Å²) in [4.78, 5) is 16.9. The number of piperidine rings is 1. The van der Waals surface area contributed by atoms with Crippen LogP contribution in [0.25, 0.3) is 0 Å². The molecule has 0 aliphatic carbocycles. The highest BCUT2D eigenvalue weighted by Crippen LogP contribution is 2.30. The van der Waals surface area contributed by atoms with E-state index in [0.717, 1.165) is 56.2 Å². The molecule has 0 saturated carbocycles. The van der Waals surface area contributed by atoms with Gasteiger partial charge in [-0.2, -0.15) is 0 Å². The van der Waals surface area contributed by atoms with Gasteiger partial charge in [-0.25, -0.2) is 0 Å². The molecule has 1 unspecified atom stereocenters. The number of likely N-dealkylation sites (tertiary alicyclic amines) is 1. The van der Waals surface area contributed by atoms with Gasteiger partial charge < -0.3 is 9.80 Å². The molecule has 0 radical (unpaired) electrons. The maximum atomic E-state index is 12.3. The van der Waals surface area contributed by atoms with Crippen LogP contribution in [-0.2, 0) is 11.2 Å². The Morgan fingerprint density at radius 1 is 1.04 bits per heavy atom. The van der Waals surface area contributed by atoms with Crippen molar-refractivity contribution in [3.63, 3.8) is 0 Å². The summed E-state index contributed by atoms with van der Waals surface area (Å²) in [6.45, 7) is 4.11. The summed E-state index contributed by atoms with van der Waals surface area (Å²) in [6.07, 6.45) is 4.99. The van der Waals surface area contributed by atoms with Crippen LogP contribution in [0.2, 0.25) is 5.02 Å². The van der Waals surface area contributed by atoms with Gasteiger partial charge in [0.15, 0.2) is 0 Å². The SMILES string of the molecule is O=C1CCCCN1c1ccccc1CCN1CCC(c2cccc(Cl)c2)C1. The maximum absolute atomic E-state index is 12.3. The number of nitrogens with zero attached hydrogens (tertiary/aromatic N) is 2. The predicted octanol–water partition coefficient (Wildman–Crippen LogP) is 4.89. The van der Waals surface area contributed by atoms with Gasteiger partial charge in [-0.3, -0.25) is 4.79 Å². The number of rotatable bonds is 5. The standard InChI is InChI=1S/C23H27ClN2O/c24-21-8-5-7-19(16-21)20-12-15-25(17-20)14-11-18-6-1-2-9-22(18)26-13-4-3-10-23(26)27/h1-2,5-9,16,20H,3-4,10-15,17H2. The Kier molecular flexibility index (Phi) is 5.80. The number of hydrogen-bond donors (Lipinski definition) is 0. The fourth-order valence-corrected chi connectivity index (χ4v) is 4.59. The lowest BCUT2D eigenvalue weighted by molar-refractivity contribution is -0.119. The van der Waals surface area contributed by atoms with Gasteiger partial charge in [0.25, 0.3) is 0 Å². The van der Waals surface area contributed by atoms with Crippen LogP contribution in [0.4, 0.5) is 5.69 Å². The third-order valence-electron chi connectivity index (χ3n) is 5.90. The Labute approximate surface area is 166 Å². The van der Waals surface area contributed by atoms with Crippen LogP contribution in [0.3, 0.4) is 0 Å². The van der Waals surface area contributed by atoms with Crippen LogP contribution >= 0.6 is 11.6 Å². The zero-order chi connectivity index (χ0) is 18.6. The van der Waals surface area contributed by atoms with Gasteiger partial charge in [-0.1, -0.05) is 41.9 Å². The van der Waals surface area contributed by atoms with Gasteiger partial charge >= 0.3 is 0 Å². The lowest BCUT2D eigenvalue weighted by Crippen LogP contribution is -2.36. The van der Waals surface area contributed by atoms with Gasteiger partial charge in [0, 0.05) is 36.8 Å². The molecule has 27 heavy (non-hydrogen) atoms. The van der Waals surface area contributed by atoms with Crippen molar-refractivity contribution in [2.75, 3.05) is 31.1 Å². The Morgan fingerprint density at radius 2 is 1.93 bits per heavy atom. The number of anilines is 1. The minimum atomic E-state index is 0.274. The van der Waals surface area contributed by atoms with E-state index in [1.54, 1.807) is 0 Å². The largest absolute Gasteiger partial charge is 0.312 e. The van der Waals surface area contributed by atoms with Crippen molar-refractivity contribution >= 4 is 23.2 Å². The van der Waals surface area contributed by atoms with Crippen molar-refractivity contribution < 1.29 is 4.79 Å². The first-order valence-electron chi connectivity index (χ1n) is 10.1. The van der Waals surface area contributed by atoms with Crippen molar-refractivity contribution in [2.24, 2.45) is 0 Å². The minimum absolute atomic E-state index is 0.274. The number of halogens is 1. The molecule has 2 fully saturated rings. The van der Waals surface area contributed by atoms with Gasteiger partial charge in [-0.05, 0) is 67.5 Å².